The van der Waals surface area contributed by atoms with E-state index in [4.69, 9.17) is 20.4 Å². The van der Waals surface area contributed by atoms with Gasteiger partial charge in [0.25, 0.3) is 0 Å². The van der Waals surface area contributed by atoms with Gasteiger partial charge in [0.15, 0.2) is 0 Å². The van der Waals surface area contributed by atoms with Gasteiger partial charge in [-0.1, -0.05) is 24.3 Å². The Labute approximate surface area is 128 Å². The number of rotatable bonds is 0. The number of isocyanates is 2. The standard InChI is InChI=1S/C16H16.2CHNO/c1-9-10(2)12(4)16-14-8-6-5-7-13(14)15(16)11(9)3;2*2-1-3/h5-8H,1-4H3;2*2H. The Morgan fingerprint density at radius 2 is 0.955 bits per heavy atom. The summed E-state index contributed by atoms with van der Waals surface area (Å²) in [7, 11) is 0. The lowest BCUT2D eigenvalue weighted by Gasteiger charge is -2.16. The largest absolute Gasteiger partial charge is 0.231 e. The second kappa shape index (κ2) is 7.28. The van der Waals surface area contributed by atoms with Crippen LogP contribution in [0.4, 0.5) is 0 Å². The zero-order chi connectivity index (χ0) is 16.9. The van der Waals surface area contributed by atoms with Crippen molar-refractivity contribution < 1.29 is 9.59 Å². The molecule has 4 heteroatoms. The molecule has 22 heavy (non-hydrogen) atoms. The molecule has 0 radical (unpaired) electrons. The van der Waals surface area contributed by atoms with Gasteiger partial charge in [-0.3, -0.25) is 0 Å². The summed E-state index contributed by atoms with van der Waals surface area (Å²) in [5, 5.41) is 16.6. The van der Waals surface area contributed by atoms with Crippen LogP contribution in [0.1, 0.15) is 22.3 Å². The predicted molar refractivity (Wildman–Crippen MR) is 84.0 cm³/mol. The first kappa shape index (κ1) is 17.3. The van der Waals surface area contributed by atoms with E-state index in [1.807, 2.05) is 0 Å². The summed E-state index contributed by atoms with van der Waals surface area (Å²) in [4.78, 5) is 16.7. The van der Waals surface area contributed by atoms with E-state index in [9.17, 15) is 0 Å². The minimum Gasteiger partial charge on any atom is -0.222 e. The van der Waals surface area contributed by atoms with Crippen LogP contribution < -0.4 is 0 Å². The molecule has 0 saturated carbocycles. The van der Waals surface area contributed by atoms with Crippen molar-refractivity contribution in [3.05, 3.63) is 67.4 Å². The molecule has 0 unspecified atom stereocenters. The molecule has 2 aromatic rings. The van der Waals surface area contributed by atoms with E-state index in [1.54, 1.807) is 0 Å². The fraction of sp³-hybridized carbons (Fsp3) is 0.222. The van der Waals surface area contributed by atoms with Gasteiger partial charge in [-0.15, -0.1) is 0 Å². The molecule has 0 amide bonds. The van der Waals surface area contributed by atoms with E-state index >= 15 is 0 Å². The van der Waals surface area contributed by atoms with Gasteiger partial charge in [-0.25, -0.2) is 20.4 Å². The number of fused-ring (bicyclic) bond motifs is 2. The van der Waals surface area contributed by atoms with E-state index in [1.165, 1.54) is 43.1 Å². The van der Waals surface area contributed by atoms with Crippen LogP contribution in [0.5, 0.6) is 0 Å². The Balaban J connectivity index is 0.000000353. The van der Waals surface area contributed by atoms with Crippen LogP contribution >= 0.6 is 0 Å². The lowest BCUT2D eigenvalue weighted by Crippen LogP contribution is -2.02. The molecule has 1 aliphatic rings. The quantitative estimate of drug-likeness (QED) is 0.490. The summed E-state index contributed by atoms with van der Waals surface area (Å²) >= 11 is 0. The lowest BCUT2D eigenvalue weighted by molar-refractivity contribution is 0.562. The summed E-state index contributed by atoms with van der Waals surface area (Å²) in [6.07, 6.45) is 1.50. The minimum atomic E-state index is 0.750. The zero-order valence-corrected chi connectivity index (χ0v) is 13.1. The summed E-state index contributed by atoms with van der Waals surface area (Å²) in [6.45, 7) is 8.96. The van der Waals surface area contributed by atoms with Crippen LogP contribution in [0.2, 0.25) is 0 Å². The molecular weight excluding hydrogens is 276 g/mol. The molecule has 0 aromatic heterocycles. The molecule has 0 aliphatic heterocycles. The van der Waals surface area contributed by atoms with Crippen molar-refractivity contribution in [3.8, 4) is 0 Å². The number of hydrogen-bond acceptors (Lipinski definition) is 4. The van der Waals surface area contributed by atoms with E-state index in [2.05, 4.69) is 52.0 Å². The molecule has 0 heterocycles. The van der Waals surface area contributed by atoms with Crippen LogP contribution in [-0.4, -0.2) is 12.2 Å². The van der Waals surface area contributed by atoms with Crippen molar-refractivity contribution in [2.45, 2.75) is 27.7 Å². The third-order valence-corrected chi connectivity index (χ3v) is 4.15. The fourth-order valence-electron chi connectivity index (χ4n) is 2.84. The van der Waals surface area contributed by atoms with Crippen LogP contribution in [0.15, 0.2) is 24.3 Å². The molecule has 4 nitrogen and oxygen atoms in total. The number of carbonyl (C=O) groups excluding carboxylic acids is 2. The van der Waals surface area contributed by atoms with Gasteiger partial charge < -0.3 is 0 Å². The van der Waals surface area contributed by atoms with Crippen molar-refractivity contribution >= 4 is 12.2 Å². The van der Waals surface area contributed by atoms with E-state index in [-0.39, 0.29) is 0 Å². The third-order valence-electron chi connectivity index (χ3n) is 4.15. The maximum Gasteiger partial charge on any atom is 0.231 e. The maximum absolute atomic E-state index is 8.35. The normalized spacial score (nSPS) is 9.27. The van der Waals surface area contributed by atoms with Gasteiger partial charge in [0.05, 0.1) is 0 Å². The average molecular weight is 294 g/mol. The van der Waals surface area contributed by atoms with Gasteiger partial charge in [-0.05, 0) is 70.8 Å². The highest BCUT2D eigenvalue weighted by molar-refractivity contribution is 5.46. The van der Waals surface area contributed by atoms with Crippen molar-refractivity contribution in [1.82, 2.24) is 0 Å². The van der Waals surface area contributed by atoms with Crippen molar-refractivity contribution in [2.24, 2.45) is 0 Å². The Hall–Kier alpha value is -2.80. The molecule has 0 saturated heterocycles. The number of hydrogen-bond donors (Lipinski definition) is 2. The van der Waals surface area contributed by atoms with Crippen LogP contribution in [0, 0.1) is 59.4 Å². The highest BCUT2D eigenvalue weighted by Gasteiger charge is 2.11. The van der Waals surface area contributed by atoms with Gasteiger partial charge in [0.2, 0.25) is 12.2 Å². The molecule has 0 spiro atoms. The van der Waals surface area contributed by atoms with Crippen molar-refractivity contribution in [2.75, 3.05) is 0 Å². The first-order chi connectivity index (χ1) is 10.5. The smallest absolute Gasteiger partial charge is 0.222 e. The highest BCUT2D eigenvalue weighted by atomic mass is 16.1. The number of nitrogens with one attached hydrogen (secondary N) is 2. The van der Waals surface area contributed by atoms with E-state index in [0.717, 1.165) is 12.2 Å². The SMILES string of the molecule is Cc1c(C)c(C)c2c(c1C)=c1ccccc1=2.N=C=O.N=C=O. The second-order valence-electron chi connectivity index (χ2n) is 5.00. The summed E-state index contributed by atoms with van der Waals surface area (Å²) in [6, 6.07) is 8.73. The second-order valence-corrected chi connectivity index (χ2v) is 5.00. The molecule has 1 aliphatic carbocycles. The fourth-order valence-corrected chi connectivity index (χ4v) is 2.84. The summed E-state index contributed by atoms with van der Waals surface area (Å²) < 4.78 is 0. The van der Waals surface area contributed by atoms with Crippen molar-refractivity contribution in [3.63, 3.8) is 0 Å². The van der Waals surface area contributed by atoms with Crippen LogP contribution in [-0.2, 0) is 9.59 Å². The van der Waals surface area contributed by atoms with Crippen LogP contribution in [0.3, 0.4) is 0 Å². The van der Waals surface area contributed by atoms with Crippen LogP contribution in [0.25, 0.3) is 0 Å². The maximum atomic E-state index is 8.35. The van der Waals surface area contributed by atoms with E-state index in [0.29, 0.717) is 0 Å². The van der Waals surface area contributed by atoms with Gasteiger partial charge in [-0.2, -0.15) is 0 Å². The molecular formula is C18H18N2O2. The minimum absolute atomic E-state index is 0.750. The Bertz CT molecular complexity index is 884. The molecule has 0 fully saturated rings. The van der Waals surface area contributed by atoms with E-state index < -0.39 is 0 Å². The first-order valence-electron chi connectivity index (χ1n) is 6.74. The van der Waals surface area contributed by atoms with Gasteiger partial charge in [0, 0.05) is 0 Å². The Kier molecular flexibility index (Phi) is 5.71. The highest BCUT2D eigenvalue weighted by Crippen LogP contribution is 2.25. The monoisotopic (exact) mass is 294 g/mol. The lowest BCUT2D eigenvalue weighted by atomic mass is 9.88. The molecule has 2 aromatic carbocycles. The van der Waals surface area contributed by atoms with Crippen molar-refractivity contribution in [1.29, 1.82) is 10.8 Å². The topological polar surface area (TPSA) is 81.8 Å². The summed E-state index contributed by atoms with van der Waals surface area (Å²) in [5.74, 6) is 0. The Morgan fingerprint density at radius 1 is 0.682 bits per heavy atom. The first-order valence-corrected chi connectivity index (χ1v) is 6.74. The molecule has 2 N–H and O–H groups in total. The number of benzene rings is 2. The molecule has 3 rings (SSSR count). The molecule has 112 valence electrons. The van der Waals surface area contributed by atoms with Gasteiger partial charge >= 0.3 is 0 Å². The Morgan fingerprint density at radius 3 is 1.23 bits per heavy atom. The summed E-state index contributed by atoms with van der Waals surface area (Å²) in [5.41, 5.74) is 5.81. The zero-order valence-electron chi connectivity index (χ0n) is 13.1. The molecule has 0 bridgehead atoms. The van der Waals surface area contributed by atoms with Gasteiger partial charge in [0.1, 0.15) is 0 Å². The molecule has 0 atom stereocenters. The third kappa shape index (κ3) is 2.79. The predicted octanol–water partition coefficient (Wildman–Crippen LogP) is 3.61. The average Bonchev–Trinajstić information content (AvgIpc) is 2.47.